The van der Waals surface area contributed by atoms with Gasteiger partial charge < -0.3 is 0 Å². The van der Waals surface area contributed by atoms with Crippen LogP contribution in [0.1, 0.15) is 25.0 Å². The van der Waals surface area contributed by atoms with Crippen LogP contribution in [0.15, 0.2) is 18.3 Å². The van der Waals surface area contributed by atoms with E-state index in [1.54, 1.807) is 12.3 Å². The van der Waals surface area contributed by atoms with Gasteiger partial charge >= 0.3 is 0 Å². The van der Waals surface area contributed by atoms with E-state index in [0.29, 0.717) is 12.5 Å². The molecule has 3 nitrogen and oxygen atoms in total. The second-order valence-electron chi connectivity index (χ2n) is 4.08. The van der Waals surface area contributed by atoms with E-state index in [1.165, 1.54) is 12.8 Å². The summed E-state index contributed by atoms with van der Waals surface area (Å²) in [5.41, 5.74) is 0.984. The lowest BCUT2D eigenvalue weighted by Crippen LogP contribution is -2.26. The topological polar surface area (TPSA) is 39.9 Å². The summed E-state index contributed by atoms with van der Waals surface area (Å²) in [6.45, 7) is 1.63. The molecule has 1 aromatic heterocycles. The first-order chi connectivity index (χ1) is 7.79. The Morgan fingerprint density at radius 3 is 3.00 bits per heavy atom. The molecule has 2 rings (SSSR count). The number of hydrogen-bond acceptors (Lipinski definition) is 3. The standard InChI is InChI=1S/C12H14ClN3/c13-10-4-6-15-11(8-10)9-16(7-1-5-14)12-2-3-12/h4,6,8,12H,1-3,7,9H2. The van der Waals surface area contributed by atoms with Crippen LogP contribution >= 0.6 is 11.6 Å². The van der Waals surface area contributed by atoms with Gasteiger partial charge in [0.15, 0.2) is 0 Å². The van der Waals surface area contributed by atoms with Crippen molar-refractivity contribution in [2.24, 2.45) is 0 Å². The number of halogens is 1. The molecule has 16 heavy (non-hydrogen) atoms. The van der Waals surface area contributed by atoms with Crippen LogP contribution in [0.5, 0.6) is 0 Å². The van der Waals surface area contributed by atoms with Crippen molar-refractivity contribution in [3.8, 4) is 6.07 Å². The van der Waals surface area contributed by atoms with E-state index >= 15 is 0 Å². The maximum absolute atomic E-state index is 8.61. The van der Waals surface area contributed by atoms with E-state index in [-0.39, 0.29) is 0 Å². The van der Waals surface area contributed by atoms with Crippen molar-refractivity contribution >= 4 is 11.6 Å². The Bertz CT molecular complexity index is 395. The lowest BCUT2D eigenvalue weighted by molar-refractivity contribution is 0.258. The fourth-order valence-corrected chi connectivity index (χ4v) is 1.95. The highest BCUT2D eigenvalue weighted by atomic mass is 35.5. The van der Waals surface area contributed by atoms with Crippen molar-refractivity contribution in [2.75, 3.05) is 6.54 Å². The molecule has 1 fully saturated rings. The number of rotatable bonds is 5. The average molecular weight is 236 g/mol. The van der Waals surface area contributed by atoms with E-state index in [4.69, 9.17) is 16.9 Å². The SMILES string of the molecule is N#CCCN(Cc1cc(Cl)ccn1)C1CC1. The van der Waals surface area contributed by atoms with Crippen molar-refractivity contribution in [3.63, 3.8) is 0 Å². The van der Waals surface area contributed by atoms with E-state index in [2.05, 4.69) is 16.0 Å². The largest absolute Gasteiger partial charge is 0.294 e. The van der Waals surface area contributed by atoms with Crippen LogP contribution in [-0.4, -0.2) is 22.5 Å². The van der Waals surface area contributed by atoms with Gasteiger partial charge in [0.25, 0.3) is 0 Å². The van der Waals surface area contributed by atoms with Gasteiger partial charge in [0.2, 0.25) is 0 Å². The third-order valence-corrected chi connectivity index (χ3v) is 2.95. The predicted octanol–water partition coefficient (Wildman–Crippen LogP) is 2.61. The summed E-state index contributed by atoms with van der Waals surface area (Å²) in [5.74, 6) is 0. The van der Waals surface area contributed by atoms with Crippen molar-refractivity contribution in [3.05, 3.63) is 29.0 Å². The van der Waals surface area contributed by atoms with Gasteiger partial charge in [-0.25, -0.2) is 0 Å². The number of nitriles is 1. The molecule has 0 unspecified atom stereocenters. The van der Waals surface area contributed by atoms with Crippen LogP contribution in [0.4, 0.5) is 0 Å². The summed E-state index contributed by atoms with van der Waals surface area (Å²) >= 11 is 5.92. The minimum atomic E-state index is 0.580. The Balaban J connectivity index is 1.97. The Kier molecular flexibility index (Phi) is 3.76. The highest BCUT2D eigenvalue weighted by molar-refractivity contribution is 6.30. The Hall–Kier alpha value is -1.11. The Morgan fingerprint density at radius 1 is 1.56 bits per heavy atom. The molecule has 0 spiro atoms. The minimum Gasteiger partial charge on any atom is -0.294 e. The van der Waals surface area contributed by atoms with Crippen LogP contribution in [0.3, 0.4) is 0 Å². The molecule has 0 aromatic carbocycles. The summed E-state index contributed by atoms with van der Waals surface area (Å²) in [7, 11) is 0. The summed E-state index contributed by atoms with van der Waals surface area (Å²) in [6.07, 6.45) is 4.79. The summed E-state index contributed by atoms with van der Waals surface area (Å²) in [4.78, 5) is 6.61. The molecular formula is C12H14ClN3. The number of hydrogen-bond donors (Lipinski definition) is 0. The van der Waals surface area contributed by atoms with Gasteiger partial charge in [0, 0.05) is 36.8 Å². The van der Waals surface area contributed by atoms with Gasteiger partial charge in [-0.2, -0.15) is 5.26 Å². The monoisotopic (exact) mass is 235 g/mol. The molecule has 0 radical (unpaired) electrons. The first-order valence-electron chi connectivity index (χ1n) is 5.51. The van der Waals surface area contributed by atoms with E-state index in [9.17, 15) is 0 Å². The molecule has 0 amide bonds. The van der Waals surface area contributed by atoms with Gasteiger partial charge in [-0.05, 0) is 25.0 Å². The van der Waals surface area contributed by atoms with Crippen molar-refractivity contribution in [1.29, 1.82) is 5.26 Å². The van der Waals surface area contributed by atoms with Gasteiger partial charge in [0.1, 0.15) is 0 Å². The fraction of sp³-hybridized carbons (Fsp3) is 0.500. The van der Waals surface area contributed by atoms with Crippen LogP contribution in [0.2, 0.25) is 5.02 Å². The molecule has 1 aromatic rings. The zero-order valence-corrected chi connectivity index (χ0v) is 9.82. The van der Waals surface area contributed by atoms with Crippen molar-refractivity contribution < 1.29 is 0 Å². The second kappa shape index (κ2) is 5.29. The summed E-state index contributed by atoms with van der Waals surface area (Å²) in [5, 5.41) is 9.34. The first-order valence-corrected chi connectivity index (χ1v) is 5.89. The zero-order chi connectivity index (χ0) is 11.4. The molecule has 0 bridgehead atoms. The van der Waals surface area contributed by atoms with E-state index < -0.39 is 0 Å². The lowest BCUT2D eigenvalue weighted by atomic mass is 10.3. The number of aromatic nitrogens is 1. The van der Waals surface area contributed by atoms with Gasteiger partial charge in [-0.1, -0.05) is 11.6 Å². The molecule has 0 saturated heterocycles. The summed E-state index contributed by atoms with van der Waals surface area (Å²) in [6, 6.07) is 6.51. The average Bonchev–Trinajstić information content (AvgIpc) is 3.08. The zero-order valence-electron chi connectivity index (χ0n) is 9.06. The third-order valence-electron chi connectivity index (χ3n) is 2.72. The molecule has 0 atom stereocenters. The smallest absolute Gasteiger partial charge is 0.0635 e. The quantitative estimate of drug-likeness (QED) is 0.788. The fourth-order valence-electron chi connectivity index (χ4n) is 1.77. The third kappa shape index (κ3) is 3.19. The van der Waals surface area contributed by atoms with Gasteiger partial charge in [-0.3, -0.25) is 9.88 Å². The highest BCUT2D eigenvalue weighted by Crippen LogP contribution is 2.28. The van der Waals surface area contributed by atoms with Crippen LogP contribution in [0, 0.1) is 11.3 Å². The molecule has 1 aliphatic rings. The molecule has 0 N–H and O–H groups in total. The van der Waals surface area contributed by atoms with E-state index in [1.807, 2.05) is 6.07 Å². The normalized spacial score (nSPS) is 15.1. The number of nitrogens with zero attached hydrogens (tertiary/aromatic N) is 3. The Labute approximate surface area is 101 Å². The maximum atomic E-state index is 8.61. The predicted molar refractivity (Wildman–Crippen MR) is 62.9 cm³/mol. The molecule has 84 valence electrons. The Morgan fingerprint density at radius 2 is 2.38 bits per heavy atom. The molecule has 1 saturated carbocycles. The van der Waals surface area contributed by atoms with Crippen LogP contribution < -0.4 is 0 Å². The summed E-state index contributed by atoms with van der Waals surface area (Å²) < 4.78 is 0. The second-order valence-corrected chi connectivity index (χ2v) is 4.51. The first kappa shape index (κ1) is 11.4. The molecule has 0 aliphatic heterocycles. The van der Waals surface area contributed by atoms with Crippen LogP contribution in [-0.2, 0) is 6.54 Å². The minimum absolute atomic E-state index is 0.580. The highest BCUT2D eigenvalue weighted by Gasteiger charge is 2.28. The molecular weight excluding hydrogens is 222 g/mol. The maximum Gasteiger partial charge on any atom is 0.0635 e. The molecule has 1 heterocycles. The molecule has 4 heteroatoms. The van der Waals surface area contributed by atoms with Gasteiger partial charge in [0.05, 0.1) is 11.8 Å². The van der Waals surface area contributed by atoms with Gasteiger partial charge in [-0.15, -0.1) is 0 Å². The van der Waals surface area contributed by atoms with Crippen molar-refractivity contribution in [1.82, 2.24) is 9.88 Å². The lowest BCUT2D eigenvalue weighted by Gasteiger charge is -2.19. The van der Waals surface area contributed by atoms with E-state index in [0.717, 1.165) is 23.8 Å². The number of pyridine rings is 1. The van der Waals surface area contributed by atoms with Crippen molar-refractivity contribution in [2.45, 2.75) is 31.8 Å². The molecule has 1 aliphatic carbocycles. The van der Waals surface area contributed by atoms with Crippen LogP contribution in [0.25, 0.3) is 0 Å².